The first-order valence-corrected chi connectivity index (χ1v) is 11.1. The molecule has 0 amide bonds. The van der Waals surface area contributed by atoms with E-state index in [4.69, 9.17) is 0 Å². The molecule has 1 atom stereocenters. The summed E-state index contributed by atoms with van der Waals surface area (Å²) in [6, 6.07) is 22.2. The molecular weight excluding hydrogens is 392 g/mol. The van der Waals surface area contributed by atoms with Gasteiger partial charge in [-0.05, 0) is 62.7 Å². The Hall–Kier alpha value is -4.04. The van der Waals surface area contributed by atoms with Crippen molar-refractivity contribution in [3.05, 3.63) is 118 Å². The van der Waals surface area contributed by atoms with Gasteiger partial charge in [0.2, 0.25) is 0 Å². The molecule has 0 N–H and O–H groups in total. The summed E-state index contributed by atoms with van der Waals surface area (Å²) in [6.45, 7) is 0. The van der Waals surface area contributed by atoms with Gasteiger partial charge in [0.05, 0.1) is 0 Å². The molecule has 4 aliphatic carbocycles. The summed E-state index contributed by atoms with van der Waals surface area (Å²) in [6.07, 6.45) is 5.27. The van der Waals surface area contributed by atoms with Gasteiger partial charge < -0.3 is 0 Å². The average Bonchev–Trinajstić information content (AvgIpc) is 2.85. The monoisotopic (exact) mass is 408 g/mol. The first-order valence-electron chi connectivity index (χ1n) is 11.1. The summed E-state index contributed by atoms with van der Waals surface area (Å²) in [7, 11) is 0. The molecule has 0 saturated carbocycles. The largest absolute Gasteiger partial charge is 0.289 e. The van der Waals surface area contributed by atoms with Crippen molar-refractivity contribution in [2.75, 3.05) is 0 Å². The molecule has 1 unspecified atom stereocenters. The Balaban J connectivity index is 1.57. The number of Topliss-reactive ketones (excluding diaryl/α,β-unsaturated/α-hetero) is 1. The van der Waals surface area contributed by atoms with Crippen molar-refractivity contribution in [1.29, 1.82) is 0 Å². The minimum absolute atomic E-state index is 0.0889. The van der Waals surface area contributed by atoms with Gasteiger partial charge in [-0.25, -0.2) is 0 Å². The molecule has 4 aliphatic rings. The van der Waals surface area contributed by atoms with Gasteiger partial charge in [0.1, 0.15) is 0 Å². The third kappa shape index (κ3) is 1.76. The van der Waals surface area contributed by atoms with Crippen molar-refractivity contribution in [2.24, 2.45) is 0 Å². The van der Waals surface area contributed by atoms with Crippen LogP contribution in [-0.4, -0.2) is 11.6 Å². The molecule has 4 aromatic rings. The Kier molecular flexibility index (Phi) is 2.81. The van der Waals surface area contributed by atoms with Crippen LogP contribution in [0.5, 0.6) is 0 Å². The van der Waals surface area contributed by atoms with E-state index in [0.717, 1.165) is 72.8 Å². The van der Waals surface area contributed by atoms with Crippen LogP contribution in [0.15, 0.2) is 78.9 Å². The number of carbonyl (C=O) groups is 2. The summed E-state index contributed by atoms with van der Waals surface area (Å²) in [5, 5.41) is 2.30. The van der Waals surface area contributed by atoms with E-state index in [1.54, 1.807) is 0 Å². The van der Waals surface area contributed by atoms with E-state index >= 15 is 0 Å². The third-order valence-electron chi connectivity index (χ3n) is 7.61. The maximum absolute atomic E-state index is 13.4. The lowest BCUT2D eigenvalue weighted by atomic mass is 9.65. The summed E-state index contributed by atoms with van der Waals surface area (Å²) in [4.78, 5) is 26.8. The minimum Gasteiger partial charge on any atom is -0.289 e. The van der Waals surface area contributed by atoms with Crippen LogP contribution in [-0.2, 0) is 0 Å². The average molecular weight is 408 g/mol. The molecule has 0 aromatic heterocycles. The quantitative estimate of drug-likeness (QED) is 0.291. The van der Waals surface area contributed by atoms with Crippen LogP contribution in [0.1, 0.15) is 60.9 Å². The number of allylic oxidation sites excluding steroid dienone is 3. The molecule has 2 heteroatoms. The second kappa shape index (κ2) is 5.41. The van der Waals surface area contributed by atoms with Crippen LogP contribution in [0.2, 0.25) is 0 Å². The second-order valence-electron chi connectivity index (χ2n) is 9.09. The Morgan fingerprint density at radius 2 is 1.34 bits per heavy atom. The maximum Gasteiger partial charge on any atom is 0.194 e. The van der Waals surface area contributed by atoms with Gasteiger partial charge in [-0.1, -0.05) is 66.7 Å². The third-order valence-corrected chi connectivity index (χ3v) is 7.61. The van der Waals surface area contributed by atoms with Crippen molar-refractivity contribution in [3.63, 3.8) is 0 Å². The molecule has 0 spiro atoms. The number of hydrogen-bond donors (Lipinski definition) is 0. The Labute approximate surface area is 184 Å². The zero-order valence-corrected chi connectivity index (χ0v) is 17.1. The molecule has 32 heavy (non-hydrogen) atoms. The number of carbonyl (C=O) groups excluding carboxylic acids is 2. The highest BCUT2D eigenvalue weighted by Crippen LogP contribution is 2.55. The molecule has 0 fully saturated rings. The van der Waals surface area contributed by atoms with Crippen molar-refractivity contribution >= 4 is 33.5 Å². The molecule has 0 saturated heterocycles. The summed E-state index contributed by atoms with van der Waals surface area (Å²) < 4.78 is 0. The van der Waals surface area contributed by atoms with E-state index in [1.807, 2.05) is 42.5 Å². The van der Waals surface area contributed by atoms with Crippen LogP contribution in [0.25, 0.3) is 33.0 Å². The van der Waals surface area contributed by atoms with Crippen LogP contribution in [0.3, 0.4) is 0 Å². The van der Waals surface area contributed by atoms with E-state index in [0.29, 0.717) is 0 Å². The number of fused-ring (bicyclic) bond motifs is 4. The number of hydrogen-bond acceptors (Lipinski definition) is 2. The molecule has 4 aromatic carbocycles. The summed E-state index contributed by atoms with van der Waals surface area (Å²) >= 11 is 0. The molecule has 8 rings (SSSR count). The smallest absolute Gasteiger partial charge is 0.194 e. The van der Waals surface area contributed by atoms with Crippen LogP contribution in [0.4, 0.5) is 0 Å². The van der Waals surface area contributed by atoms with Crippen molar-refractivity contribution < 1.29 is 9.59 Å². The van der Waals surface area contributed by atoms with E-state index in [9.17, 15) is 9.59 Å². The van der Waals surface area contributed by atoms with Crippen LogP contribution in [0, 0.1) is 0 Å². The lowest BCUT2D eigenvalue weighted by Crippen LogP contribution is -2.23. The Bertz CT molecular complexity index is 1680. The fourth-order valence-electron chi connectivity index (χ4n) is 6.32. The highest BCUT2D eigenvalue weighted by atomic mass is 16.1. The molecule has 2 nitrogen and oxygen atoms in total. The highest BCUT2D eigenvalue weighted by Gasteiger charge is 2.39. The maximum atomic E-state index is 13.4. The normalized spacial score (nSPS) is 18.7. The molecule has 0 bridgehead atoms. The van der Waals surface area contributed by atoms with Crippen molar-refractivity contribution in [2.45, 2.75) is 12.3 Å². The van der Waals surface area contributed by atoms with E-state index in [2.05, 4.69) is 36.4 Å². The molecule has 0 aliphatic heterocycles. The number of ketones is 2. The minimum atomic E-state index is 0.0889. The topological polar surface area (TPSA) is 34.1 Å². The summed E-state index contributed by atoms with van der Waals surface area (Å²) in [5.41, 5.74) is 10.9. The van der Waals surface area contributed by atoms with Crippen molar-refractivity contribution in [3.8, 4) is 11.1 Å². The lowest BCUT2D eigenvalue weighted by Gasteiger charge is -2.36. The van der Waals surface area contributed by atoms with Gasteiger partial charge in [0.25, 0.3) is 0 Å². The van der Waals surface area contributed by atoms with Crippen molar-refractivity contribution in [1.82, 2.24) is 0 Å². The number of rotatable bonds is 0. The Morgan fingerprint density at radius 3 is 2.16 bits per heavy atom. The number of benzene rings is 4. The SMILES string of the molecule is O=C1C2=CCC3C=C4c5ccccc5C(=O)c5ccc6cc(c2c3c6c54)-c2ccccc21. The second-order valence-corrected chi connectivity index (χ2v) is 9.09. The fourth-order valence-corrected chi connectivity index (χ4v) is 6.32. The predicted molar refractivity (Wildman–Crippen MR) is 126 cm³/mol. The standard InChI is InChI=1S/C30H16O2/c31-29-19-7-3-1-5-17(19)23-13-15-9-12-22-28-24(18-6-2-4-8-20(18)30(22)32)14-16-10-11-21(29)27(23)25(16)26(15)28/h1-9,11-14,16H,10H2. The van der Waals surface area contributed by atoms with Gasteiger partial charge in [0, 0.05) is 33.7 Å². The van der Waals surface area contributed by atoms with Gasteiger partial charge in [-0.15, -0.1) is 0 Å². The van der Waals surface area contributed by atoms with Gasteiger partial charge in [-0.2, -0.15) is 0 Å². The molecule has 148 valence electrons. The van der Waals surface area contributed by atoms with E-state index in [-0.39, 0.29) is 17.5 Å². The van der Waals surface area contributed by atoms with Gasteiger partial charge in [-0.3, -0.25) is 9.59 Å². The molecule has 0 radical (unpaired) electrons. The lowest BCUT2D eigenvalue weighted by molar-refractivity contribution is 0.103. The highest BCUT2D eigenvalue weighted by molar-refractivity contribution is 6.36. The first-order chi connectivity index (χ1) is 15.7. The fraction of sp³-hybridized carbons (Fsp3) is 0.0667. The Morgan fingerprint density at radius 1 is 0.625 bits per heavy atom. The predicted octanol–water partition coefficient (Wildman–Crippen LogP) is 6.56. The molecular formula is C30H16O2. The van der Waals surface area contributed by atoms with Crippen LogP contribution >= 0.6 is 0 Å². The van der Waals surface area contributed by atoms with Crippen LogP contribution < -0.4 is 0 Å². The van der Waals surface area contributed by atoms with Gasteiger partial charge in [0.15, 0.2) is 11.6 Å². The van der Waals surface area contributed by atoms with Gasteiger partial charge >= 0.3 is 0 Å². The first kappa shape index (κ1) is 16.6. The molecule has 0 heterocycles. The summed E-state index contributed by atoms with van der Waals surface area (Å²) in [5.74, 6) is 0.405. The zero-order valence-electron chi connectivity index (χ0n) is 17.1. The van der Waals surface area contributed by atoms with E-state index in [1.165, 1.54) is 5.56 Å². The zero-order chi connectivity index (χ0) is 21.1. The van der Waals surface area contributed by atoms with E-state index < -0.39 is 0 Å².